The van der Waals surface area contributed by atoms with Gasteiger partial charge in [0.15, 0.2) is 0 Å². The van der Waals surface area contributed by atoms with E-state index in [0.29, 0.717) is 6.54 Å². The second-order valence-electron chi connectivity index (χ2n) is 4.31. The molecule has 0 atom stereocenters. The third-order valence-electron chi connectivity index (χ3n) is 3.26. The van der Waals surface area contributed by atoms with E-state index in [1.165, 1.54) is 16.9 Å². The first-order chi connectivity index (χ1) is 8.38. The Labute approximate surface area is 102 Å². The lowest BCUT2D eigenvalue weighted by Gasteiger charge is -2.20. The van der Waals surface area contributed by atoms with Crippen molar-refractivity contribution in [3.05, 3.63) is 59.7 Å². The molecule has 0 bridgehead atoms. The fraction of sp³-hybridized carbons (Fsp3) is 0.200. The number of fused-ring (bicyclic) bond motifs is 1. The molecule has 0 unspecified atom stereocenters. The molecule has 2 aromatic carbocycles. The summed E-state index contributed by atoms with van der Waals surface area (Å²) in [7, 11) is 0. The number of hydrogen-bond donors (Lipinski definition) is 1. The summed E-state index contributed by atoms with van der Waals surface area (Å²) in [6.07, 6.45) is 1.12. The van der Waals surface area contributed by atoms with E-state index in [0.717, 1.165) is 18.5 Å². The summed E-state index contributed by atoms with van der Waals surface area (Å²) < 4.78 is 0. The van der Waals surface area contributed by atoms with Crippen molar-refractivity contribution in [2.24, 2.45) is 5.73 Å². The van der Waals surface area contributed by atoms with Gasteiger partial charge in [-0.3, -0.25) is 0 Å². The van der Waals surface area contributed by atoms with Crippen LogP contribution in [-0.2, 0) is 13.0 Å². The second kappa shape index (κ2) is 4.22. The minimum Gasteiger partial charge on any atom is -0.341 e. The normalized spacial score (nSPS) is 13.8. The molecule has 0 aliphatic carbocycles. The smallest absolute Gasteiger partial charge is 0.0444 e. The van der Waals surface area contributed by atoms with Crippen LogP contribution in [0.5, 0.6) is 0 Å². The lowest BCUT2D eigenvalue weighted by Crippen LogP contribution is -2.13. The summed E-state index contributed by atoms with van der Waals surface area (Å²) in [5.74, 6) is 0. The third-order valence-corrected chi connectivity index (χ3v) is 3.26. The molecule has 1 aliphatic heterocycles. The highest BCUT2D eigenvalue weighted by molar-refractivity contribution is 5.69. The highest BCUT2D eigenvalue weighted by atomic mass is 15.2. The van der Waals surface area contributed by atoms with Crippen molar-refractivity contribution >= 4 is 11.4 Å². The maximum absolute atomic E-state index is 5.66. The largest absolute Gasteiger partial charge is 0.341 e. The molecule has 0 spiro atoms. The number of benzene rings is 2. The highest BCUT2D eigenvalue weighted by Crippen LogP contribution is 2.34. The predicted molar refractivity (Wildman–Crippen MR) is 70.3 cm³/mol. The van der Waals surface area contributed by atoms with Gasteiger partial charge in [0.25, 0.3) is 0 Å². The van der Waals surface area contributed by atoms with Crippen LogP contribution in [-0.4, -0.2) is 6.54 Å². The van der Waals surface area contributed by atoms with Crippen LogP contribution in [0.25, 0.3) is 0 Å². The van der Waals surface area contributed by atoms with Crippen LogP contribution in [0.2, 0.25) is 0 Å². The van der Waals surface area contributed by atoms with E-state index >= 15 is 0 Å². The van der Waals surface area contributed by atoms with E-state index in [-0.39, 0.29) is 0 Å². The molecular formula is C15H15N2. The van der Waals surface area contributed by atoms with E-state index in [2.05, 4.69) is 47.4 Å². The molecule has 0 aromatic heterocycles. The Morgan fingerprint density at radius 3 is 3.00 bits per heavy atom. The third kappa shape index (κ3) is 1.81. The molecule has 1 aliphatic rings. The Bertz CT molecular complexity index is 534. The molecule has 2 N–H and O–H groups in total. The van der Waals surface area contributed by atoms with Gasteiger partial charge in [0.05, 0.1) is 0 Å². The van der Waals surface area contributed by atoms with Gasteiger partial charge in [-0.25, -0.2) is 0 Å². The second-order valence-corrected chi connectivity index (χ2v) is 4.31. The number of nitrogens with zero attached hydrogens (tertiary/aromatic N) is 1. The first-order valence-electron chi connectivity index (χ1n) is 5.94. The Morgan fingerprint density at radius 1 is 1.24 bits per heavy atom. The lowest BCUT2D eigenvalue weighted by atomic mass is 10.1. The Morgan fingerprint density at radius 2 is 2.12 bits per heavy atom. The van der Waals surface area contributed by atoms with Gasteiger partial charge >= 0.3 is 0 Å². The molecule has 0 fully saturated rings. The molecule has 3 rings (SSSR count). The van der Waals surface area contributed by atoms with Gasteiger partial charge in [0.2, 0.25) is 0 Å². The van der Waals surface area contributed by atoms with Crippen LogP contribution >= 0.6 is 0 Å². The summed E-state index contributed by atoms with van der Waals surface area (Å²) >= 11 is 0. The standard InChI is InChI=1S/C15H15N2/c16-11-12-4-3-6-14(10-12)17-9-8-13-5-1-2-7-15(13)17/h1-3,5-7,10H,8-9,11,16H2. The van der Waals surface area contributed by atoms with Crippen LogP contribution in [0.15, 0.2) is 42.5 Å². The molecule has 17 heavy (non-hydrogen) atoms. The molecule has 2 nitrogen and oxygen atoms in total. The van der Waals surface area contributed by atoms with E-state index < -0.39 is 0 Å². The number of nitrogens with two attached hydrogens (primary N) is 1. The van der Waals surface area contributed by atoms with Gasteiger partial charge in [-0.2, -0.15) is 0 Å². The van der Waals surface area contributed by atoms with Gasteiger partial charge in [-0.1, -0.05) is 24.3 Å². The molecule has 0 saturated heterocycles. The Balaban J connectivity index is 2.01. The van der Waals surface area contributed by atoms with Crippen molar-refractivity contribution in [2.45, 2.75) is 13.0 Å². The zero-order valence-corrected chi connectivity index (χ0v) is 9.69. The Hall–Kier alpha value is -1.80. The van der Waals surface area contributed by atoms with Gasteiger partial charge in [0, 0.05) is 24.5 Å². The monoisotopic (exact) mass is 223 g/mol. The predicted octanol–water partition coefficient (Wildman–Crippen LogP) is 2.64. The SMILES string of the molecule is NCc1[c]ccc(N2CCc3ccccc32)c1. The number of anilines is 2. The van der Waals surface area contributed by atoms with E-state index in [1.807, 2.05) is 6.07 Å². The maximum atomic E-state index is 5.66. The van der Waals surface area contributed by atoms with Crippen molar-refractivity contribution in [3.8, 4) is 0 Å². The average Bonchev–Trinajstić information content (AvgIpc) is 2.82. The molecule has 1 radical (unpaired) electrons. The summed E-state index contributed by atoms with van der Waals surface area (Å²) in [6, 6.07) is 17.9. The van der Waals surface area contributed by atoms with E-state index in [4.69, 9.17) is 5.73 Å². The number of rotatable bonds is 2. The molecule has 2 heteroatoms. The number of para-hydroxylation sites is 1. The molecule has 85 valence electrons. The first kappa shape index (κ1) is 10.4. The van der Waals surface area contributed by atoms with Crippen LogP contribution in [0.4, 0.5) is 11.4 Å². The highest BCUT2D eigenvalue weighted by Gasteiger charge is 2.19. The van der Waals surface area contributed by atoms with Crippen LogP contribution < -0.4 is 10.6 Å². The fourth-order valence-electron chi connectivity index (χ4n) is 2.39. The summed E-state index contributed by atoms with van der Waals surface area (Å²) in [5, 5.41) is 0. The van der Waals surface area contributed by atoms with Crippen LogP contribution in [0.3, 0.4) is 0 Å². The maximum Gasteiger partial charge on any atom is 0.0444 e. The van der Waals surface area contributed by atoms with Gasteiger partial charge < -0.3 is 10.6 Å². The number of hydrogen-bond acceptors (Lipinski definition) is 2. The van der Waals surface area contributed by atoms with Crippen LogP contribution in [0, 0.1) is 6.07 Å². The van der Waals surface area contributed by atoms with Crippen molar-refractivity contribution in [1.29, 1.82) is 0 Å². The molecule has 2 aromatic rings. The van der Waals surface area contributed by atoms with Crippen molar-refractivity contribution in [1.82, 2.24) is 0 Å². The zero-order chi connectivity index (χ0) is 11.7. The van der Waals surface area contributed by atoms with Gasteiger partial charge in [-0.05, 0) is 41.8 Å². The van der Waals surface area contributed by atoms with Gasteiger partial charge in [-0.15, -0.1) is 0 Å². The van der Waals surface area contributed by atoms with E-state index in [1.54, 1.807) is 0 Å². The molecule has 0 amide bonds. The van der Waals surface area contributed by atoms with Crippen molar-refractivity contribution in [3.63, 3.8) is 0 Å². The van der Waals surface area contributed by atoms with Crippen LogP contribution in [0.1, 0.15) is 11.1 Å². The molecule has 0 saturated carbocycles. The summed E-state index contributed by atoms with van der Waals surface area (Å²) in [4.78, 5) is 2.35. The quantitative estimate of drug-likeness (QED) is 0.848. The van der Waals surface area contributed by atoms with Crippen molar-refractivity contribution < 1.29 is 0 Å². The minimum atomic E-state index is 0.545. The lowest BCUT2D eigenvalue weighted by molar-refractivity contribution is 0.991. The van der Waals surface area contributed by atoms with E-state index in [9.17, 15) is 0 Å². The first-order valence-corrected chi connectivity index (χ1v) is 5.94. The fourth-order valence-corrected chi connectivity index (χ4v) is 2.39. The Kier molecular flexibility index (Phi) is 2.57. The summed E-state index contributed by atoms with van der Waals surface area (Å²) in [5.41, 5.74) is 10.7. The average molecular weight is 223 g/mol. The topological polar surface area (TPSA) is 29.3 Å². The molecule has 1 heterocycles. The zero-order valence-electron chi connectivity index (χ0n) is 9.69. The summed E-state index contributed by atoms with van der Waals surface area (Å²) in [6.45, 7) is 1.59. The van der Waals surface area contributed by atoms with Gasteiger partial charge in [0.1, 0.15) is 0 Å². The molecular weight excluding hydrogens is 208 g/mol. The minimum absolute atomic E-state index is 0.545. The van der Waals surface area contributed by atoms with Crippen molar-refractivity contribution in [2.75, 3.05) is 11.4 Å².